The normalized spacial score (nSPS) is 16.9. The Morgan fingerprint density at radius 1 is 1.15 bits per heavy atom. The Hall–Kier alpha value is -2.70. The maximum Gasteiger partial charge on any atom is 0.359 e. The number of quaternary nitrogens is 1. The zero-order valence-electron chi connectivity index (χ0n) is 15.4. The van der Waals surface area contributed by atoms with Crippen LogP contribution in [0.3, 0.4) is 0 Å². The van der Waals surface area contributed by atoms with Crippen LogP contribution in [0.15, 0.2) is 48.5 Å². The number of fused-ring (bicyclic) bond motifs is 1. The Kier molecular flexibility index (Phi) is 4.92. The van der Waals surface area contributed by atoms with Gasteiger partial charge < -0.3 is 0 Å². The first-order valence-electron chi connectivity index (χ1n) is 9.09. The molecule has 27 heavy (non-hydrogen) atoms. The van der Waals surface area contributed by atoms with Crippen molar-refractivity contribution in [1.29, 1.82) is 0 Å². The Bertz CT molecular complexity index is 986. The molecule has 6 nitrogen and oxygen atoms in total. The summed E-state index contributed by atoms with van der Waals surface area (Å²) in [6, 6.07) is 16.3. The van der Waals surface area contributed by atoms with Crippen LogP contribution in [0.4, 0.5) is 5.95 Å². The molecule has 0 radical (unpaired) electrons. The number of guanidine groups is 1. The number of rotatable bonds is 3. The lowest BCUT2D eigenvalue weighted by atomic mass is 10.1. The first-order chi connectivity index (χ1) is 13.1. The van der Waals surface area contributed by atoms with E-state index < -0.39 is 0 Å². The topological polar surface area (TPSA) is 68.2 Å². The third-order valence-electron chi connectivity index (χ3n) is 4.74. The van der Waals surface area contributed by atoms with Crippen LogP contribution in [-0.2, 0) is 0 Å². The van der Waals surface area contributed by atoms with Gasteiger partial charge in [-0.1, -0.05) is 41.9 Å². The monoisotopic (exact) mass is 382 g/mol. The zero-order valence-corrected chi connectivity index (χ0v) is 16.1. The second-order valence-corrected chi connectivity index (χ2v) is 7.38. The maximum absolute atomic E-state index is 6.22. The quantitative estimate of drug-likeness (QED) is 0.536. The summed E-state index contributed by atoms with van der Waals surface area (Å²) in [6.45, 7) is 6.12. The third kappa shape index (κ3) is 3.86. The first-order valence-corrected chi connectivity index (χ1v) is 9.47. The minimum atomic E-state index is 0.548. The van der Waals surface area contributed by atoms with E-state index >= 15 is 0 Å². The molecule has 3 aromatic rings. The highest BCUT2D eigenvalue weighted by Gasteiger charge is 2.23. The van der Waals surface area contributed by atoms with Crippen molar-refractivity contribution in [2.45, 2.75) is 19.9 Å². The number of hydrogen-bond acceptors (Lipinski definition) is 4. The standard InChI is InChI=1S/C20H21ClN6/c1-13(2)27-11-22-19(23-12-27)26-20-24-17-9-8-15(21)10-16(17)18(25-20)14-6-4-3-5-7-14/h3-10,13H,11-12H2,1-2H3,(H2,22,23,24,25,26)/p+2. The molecule has 4 N–H and O–H groups in total. The van der Waals surface area contributed by atoms with Crippen molar-refractivity contribution in [3.05, 3.63) is 53.6 Å². The number of anilines is 1. The van der Waals surface area contributed by atoms with Crippen LogP contribution >= 0.6 is 11.6 Å². The maximum atomic E-state index is 6.22. The predicted molar refractivity (Wildman–Crippen MR) is 109 cm³/mol. The molecule has 0 amide bonds. The van der Waals surface area contributed by atoms with Crippen LogP contribution in [0.2, 0.25) is 5.02 Å². The van der Waals surface area contributed by atoms with Crippen molar-refractivity contribution < 1.29 is 9.89 Å². The van der Waals surface area contributed by atoms with E-state index in [-0.39, 0.29) is 0 Å². The molecule has 7 heteroatoms. The van der Waals surface area contributed by atoms with Crippen molar-refractivity contribution in [3.63, 3.8) is 0 Å². The molecule has 0 aliphatic carbocycles. The van der Waals surface area contributed by atoms with Gasteiger partial charge in [0.2, 0.25) is 0 Å². The summed E-state index contributed by atoms with van der Waals surface area (Å²) in [7, 11) is 0. The van der Waals surface area contributed by atoms with Gasteiger partial charge >= 0.3 is 5.96 Å². The van der Waals surface area contributed by atoms with Gasteiger partial charge in [0, 0.05) is 16.0 Å². The number of hydrogen-bond donors (Lipinski definition) is 4. The highest BCUT2D eigenvalue weighted by Crippen LogP contribution is 2.29. The molecule has 0 bridgehead atoms. The van der Waals surface area contributed by atoms with Crippen molar-refractivity contribution >= 4 is 34.4 Å². The molecule has 0 fully saturated rings. The summed E-state index contributed by atoms with van der Waals surface area (Å²) in [5.41, 5.74) is 2.73. The summed E-state index contributed by atoms with van der Waals surface area (Å²) in [5.74, 6) is 1.37. The number of nitrogens with zero attached hydrogens (tertiary/aromatic N) is 2. The average Bonchev–Trinajstić information content (AvgIpc) is 2.69. The molecule has 0 saturated heterocycles. The molecule has 138 valence electrons. The van der Waals surface area contributed by atoms with Crippen LogP contribution in [0.25, 0.3) is 22.2 Å². The molecule has 1 aromatic heterocycles. The van der Waals surface area contributed by atoms with Crippen molar-refractivity contribution in [2.24, 2.45) is 0 Å². The van der Waals surface area contributed by atoms with Crippen LogP contribution in [-0.4, -0.2) is 35.3 Å². The summed E-state index contributed by atoms with van der Waals surface area (Å²) < 4.78 is 0. The van der Waals surface area contributed by atoms with Crippen molar-refractivity contribution in [2.75, 3.05) is 18.7 Å². The summed E-state index contributed by atoms with van der Waals surface area (Å²) >= 11 is 6.22. The molecule has 1 aliphatic heterocycles. The highest BCUT2D eigenvalue weighted by molar-refractivity contribution is 6.31. The Labute approximate surface area is 163 Å². The molecular weight excluding hydrogens is 360 g/mol. The van der Waals surface area contributed by atoms with E-state index in [4.69, 9.17) is 16.6 Å². The lowest BCUT2D eigenvalue weighted by Crippen LogP contribution is -3.26. The molecule has 1 unspecified atom stereocenters. The number of benzene rings is 2. The van der Waals surface area contributed by atoms with Crippen molar-refractivity contribution in [1.82, 2.24) is 15.3 Å². The molecular formula is C20H23ClN6+2. The van der Waals surface area contributed by atoms with E-state index in [1.54, 1.807) is 0 Å². The predicted octanol–water partition coefficient (Wildman–Crippen LogP) is 0.610. The van der Waals surface area contributed by atoms with Gasteiger partial charge in [-0.2, -0.15) is 9.97 Å². The fraction of sp³-hybridized carbons (Fsp3) is 0.250. The summed E-state index contributed by atoms with van der Waals surface area (Å²) in [4.78, 5) is 14.2. The highest BCUT2D eigenvalue weighted by atomic mass is 35.5. The molecule has 1 aliphatic rings. The molecule has 4 rings (SSSR count). The lowest BCUT2D eigenvalue weighted by molar-refractivity contribution is -0.997. The molecule has 1 atom stereocenters. The van der Waals surface area contributed by atoms with Gasteiger partial charge in [0.1, 0.15) is 0 Å². The minimum Gasteiger partial charge on any atom is -0.275 e. The minimum absolute atomic E-state index is 0.548. The summed E-state index contributed by atoms with van der Waals surface area (Å²) in [6.07, 6.45) is 0. The number of halogens is 1. The second-order valence-electron chi connectivity index (χ2n) is 6.94. The van der Waals surface area contributed by atoms with Crippen LogP contribution in [0, 0.1) is 0 Å². The van der Waals surface area contributed by atoms with Crippen molar-refractivity contribution in [3.8, 4) is 11.3 Å². The van der Waals surface area contributed by atoms with E-state index in [2.05, 4.69) is 34.5 Å². The van der Waals surface area contributed by atoms with Crippen LogP contribution in [0.1, 0.15) is 13.8 Å². The zero-order chi connectivity index (χ0) is 18.8. The van der Waals surface area contributed by atoms with Gasteiger partial charge in [0.15, 0.2) is 13.3 Å². The first kappa shape index (κ1) is 17.7. The Morgan fingerprint density at radius 3 is 2.67 bits per heavy atom. The molecule has 2 heterocycles. The Balaban J connectivity index is 1.71. The van der Waals surface area contributed by atoms with E-state index in [0.29, 0.717) is 17.0 Å². The van der Waals surface area contributed by atoms with Gasteiger partial charge in [-0.05, 0) is 32.0 Å². The van der Waals surface area contributed by atoms with Gasteiger partial charge in [-0.15, -0.1) is 0 Å². The van der Waals surface area contributed by atoms with Gasteiger partial charge in [0.05, 0.1) is 17.3 Å². The number of nitrogens with one attached hydrogen (secondary N) is 4. The molecule has 2 aromatic carbocycles. The largest absolute Gasteiger partial charge is 0.359 e. The smallest absolute Gasteiger partial charge is 0.275 e. The SMILES string of the molecule is CC(C)[NH+]1CNC(Nc2nc(-c3ccccc3)c3cc(Cl)ccc3n2)=[NH+]C1. The average molecular weight is 383 g/mol. The second kappa shape index (κ2) is 7.50. The fourth-order valence-electron chi connectivity index (χ4n) is 3.11. The van der Waals surface area contributed by atoms with E-state index in [1.807, 2.05) is 48.5 Å². The van der Waals surface area contributed by atoms with E-state index in [9.17, 15) is 0 Å². The van der Waals surface area contributed by atoms with Gasteiger partial charge in [-0.25, -0.2) is 15.6 Å². The van der Waals surface area contributed by atoms with Crippen LogP contribution < -0.4 is 20.5 Å². The molecule has 0 saturated carbocycles. The summed E-state index contributed by atoms with van der Waals surface area (Å²) in [5, 5.41) is 8.26. The third-order valence-corrected chi connectivity index (χ3v) is 4.98. The Morgan fingerprint density at radius 2 is 1.96 bits per heavy atom. The van der Waals surface area contributed by atoms with E-state index in [0.717, 1.165) is 41.5 Å². The lowest BCUT2D eigenvalue weighted by Gasteiger charge is -2.23. The van der Waals surface area contributed by atoms with Gasteiger partial charge in [0.25, 0.3) is 5.95 Å². The van der Waals surface area contributed by atoms with E-state index in [1.165, 1.54) is 4.90 Å². The van der Waals surface area contributed by atoms with Gasteiger partial charge in [-0.3, -0.25) is 4.90 Å². The molecule has 0 spiro atoms. The fourth-order valence-corrected chi connectivity index (χ4v) is 3.28. The number of aromatic nitrogens is 2. The van der Waals surface area contributed by atoms with Crippen LogP contribution in [0.5, 0.6) is 0 Å².